The smallest absolute Gasteiger partial charge is 0.333 e. The fourth-order valence-electron chi connectivity index (χ4n) is 5.13. The number of pyridine rings is 1. The second kappa shape index (κ2) is 11.8. The van der Waals surface area contributed by atoms with Crippen LogP contribution in [0.3, 0.4) is 0 Å². The molecule has 1 N–H and O–H groups in total. The van der Waals surface area contributed by atoms with Crippen molar-refractivity contribution in [2.24, 2.45) is 0 Å². The molecule has 1 aromatic heterocycles. The Morgan fingerprint density at radius 1 is 1.10 bits per heavy atom. The zero-order valence-electron chi connectivity index (χ0n) is 23.0. The highest BCUT2D eigenvalue weighted by molar-refractivity contribution is 8.02. The van der Waals surface area contributed by atoms with E-state index in [1.165, 1.54) is 21.6 Å². The molecule has 3 aliphatic heterocycles. The number of carbonyl (C=O) groups is 6. The Labute approximate surface area is 246 Å². The predicted molar refractivity (Wildman–Crippen MR) is 151 cm³/mol. The lowest BCUT2D eigenvalue weighted by Gasteiger charge is -2.38. The molecule has 5 amide bonds. The zero-order chi connectivity index (χ0) is 30.0. The first kappa shape index (κ1) is 29.0. The molecule has 4 atom stereocenters. The number of amides is 5. The summed E-state index contributed by atoms with van der Waals surface area (Å²) in [5, 5.41) is 2.13. The first-order chi connectivity index (χ1) is 20.2. The van der Waals surface area contributed by atoms with Crippen molar-refractivity contribution in [2.45, 2.75) is 36.1 Å². The molecule has 0 aliphatic carbocycles. The van der Waals surface area contributed by atoms with Gasteiger partial charge in [0.15, 0.2) is 6.04 Å². The summed E-state index contributed by atoms with van der Waals surface area (Å²) in [6.07, 6.45) is 3.97. The van der Waals surface area contributed by atoms with Gasteiger partial charge in [0, 0.05) is 25.8 Å². The molecular weight excluding hydrogens is 562 g/mol. The standard InChI is InChI=1S/C29H29N5O7S/c1-3-32-13-14-33(25(38)24(32)37)28(40)31-22(18-9-5-4-6-10-18)27(39)41-17-29(2)21(16-35)34-23(36)20(26(34)42-29)15-19-11-7-8-12-30-19/h4-12,15-16,21-22,26H,3,13-14,17H2,1-2H3,(H,31,40)/b20-15-/t21-,22?,26?,29-/m0/s1. The van der Waals surface area contributed by atoms with Crippen molar-refractivity contribution < 1.29 is 33.5 Å². The number of benzene rings is 1. The van der Waals surface area contributed by atoms with E-state index in [1.54, 1.807) is 74.7 Å². The Balaban J connectivity index is 1.30. The van der Waals surface area contributed by atoms with E-state index in [1.807, 2.05) is 0 Å². The van der Waals surface area contributed by atoms with Crippen molar-refractivity contribution >= 4 is 53.8 Å². The van der Waals surface area contributed by atoms with E-state index in [4.69, 9.17) is 4.74 Å². The number of likely N-dealkylation sites (N-methyl/N-ethyl adjacent to an activating group) is 1. The van der Waals surface area contributed by atoms with Crippen LogP contribution in [-0.4, -0.2) is 98.1 Å². The lowest BCUT2D eigenvalue weighted by atomic mass is 9.95. The molecule has 3 saturated heterocycles. The second-order valence-electron chi connectivity index (χ2n) is 10.2. The Kier molecular flexibility index (Phi) is 8.12. The fourth-order valence-corrected chi connectivity index (χ4v) is 6.71. The Hall–Kier alpha value is -4.52. The number of imide groups is 1. The number of nitrogens with zero attached hydrogens (tertiary/aromatic N) is 4. The van der Waals surface area contributed by atoms with E-state index < -0.39 is 46.0 Å². The largest absolute Gasteiger partial charge is 0.462 e. The molecule has 0 saturated carbocycles. The molecule has 2 unspecified atom stereocenters. The van der Waals surface area contributed by atoms with Gasteiger partial charge in [-0.3, -0.25) is 24.3 Å². The highest BCUT2D eigenvalue weighted by Gasteiger charge is 2.61. The number of carbonyl (C=O) groups excluding carboxylic acids is 6. The maximum atomic E-state index is 13.4. The fraction of sp³-hybridized carbons (Fsp3) is 0.345. The highest BCUT2D eigenvalue weighted by Crippen LogP contribution is 2.53. The van der Waals surface area contributed by atoms with E-state index in [-0.39, 0.29) is 25.6 Å². The van der Waals surface area contributed by atoms with Gasteiger partial charge in [-0.05, 0) is 37.6 Å². The lowest BCUT2D eigenvalue weighted by molar-refractivity contribution is -0.153. The average molecular weight is 592 g/mol. The number of β-lactam (4-membered cyclic amide) rings is 1. The van der Waals surface area contributed by atoms with Gasteiger partial charge in [-0.1, -0.05) is 36.4 Å². The molecule has 218 valence electrons. The molecule has 1 aromatic carbocycles. The van der Waals surface area contributed by atoms with E-state index in [9.17, 15) is 28.8 Å². The highest BCUT2D eigenvalue weighted by atomic mass is 32.2. The van der Waals surface area contributed by atoms with Crippen LogP contribution in [0.4, 0.5) is 4.79 Å². The number of ether oxygens (including phenoxy) is 1. The van der Waals surface area contributed by atoms with Gasteiger partial charge in [0.25, 0.3) is 5.91 Å². The maximum Gasteiger partial charge on any atom is 0.333 e. The predicted octanol–water partition coefficient (Wildman–Crippen LogP) is 1.39. The monoisotopic (exact) mass is 591 g/mol. The SMILES string of the molecule is CCN1CCN(C(=O)NC(C(=O)OC[C@]2(C)SC3/C(=C\c4ccccn4)C(=O)N3[C@H]2C=O)c2ccccc2)C(=O)C1=O. The molecule has 4 heterocycles. The number of urea groups is 1. The van der Waals surface area contributed by atoms with Crippen molar-refractivity contribution in [3.05, 3.63) is 71.6 Å². The molecule has 13 heteroatoms. The number of nitrogens with one attached hydrogen (secondary N) is 1. The molecule has 0 radical (unpaired) electrons. The van der Waals surface area contributed by atoms with Crippen LogP contribution in [-0.2, 0) is 28.7 Å². The van der Waals surface area contributed by atoms with Crippen LogP contribution in [0.1, 0.15) is 31.1 Å². The van der Waals surface area contributed by atoms with Gasteiger partial charge in [-0.2, -0.15) is 0 Å². The van der Waals surface area contributed by atoms with Crippen LogP contribution in [0.25, 0.3) is 6.08 Å². The number of thioether (sulfide) groups is 1. The van der Waals surface area contributed by atoms with Crippen molar-refractivity contribution in [2.75, 3.05) is 26.2 Å². The van der Waals surface area contributed by atoms with Gasteiger partial charge >= 0.3 is 23.8 Å². The summed E-state index contributed by atoms with van der Waals surface area (Å²) >= 11 is 1.33. The Bertz CT molecular complexity index is 1450. The Morgan fingerprint density at radius 3 is 2.50 bits per heavy atom. The minimum Gasteiger partial charge on any atom is -0.462 e. The normalized spacial score (nSPS) is 25.1. The summed E-state index contributed by atoms with van der Waals surface area (Å²) < 4.78 is 4.71. The molecule has 0 spiro atoms. The van der Waals surface area contributed by atoms with Gasteiger partial charge < -0.3 is 24.6 Å². The molecule has 3 fully saturated rings. The maximum absolute atomic E-state index is 13.4. The van der Waals surface area contributed by atoms with Gasteiger partial charge in [-0.25, -0.2) is 9.59 Å². The number of piperazine rings is 1. The van der Waals surface area contributed by atoms with Crippen molar-refractivity contribution in [1.82, 2.24) is 25.0 Å². The van der Waals surface area contributed by atoms with Crippen LogP contribution in [0.2, 0.25) is 0 Å². The quantitative estimate of drug-likeness (QED) is 0.158. The summed E-state index contributed by atoms with van der Waals surface area (Å²) in [7, 11) is 0. The summed E-state index contributed by atoms with van der Waals surface area (Å²) in [5.41, 5.74) is 1.51. The lowest BCUT2D eigenvalue weighted by Crippen LogP contribution is -2.59. The molecule has 0 bridgehead atoms. The summed E-state index contributed by atoms with van der Waals surface area (Å²) in [6.45, 7) is 3.74. The minimum atomic E-state index is -1.30. The van der Waals surface area contributed by atoms with E-state index >= 15 is 0 Å². The third-order valence-corrected chi connectivity index (χ3v) is 9.10. The molecule has 12 nitrogen and oxygen atoms in total. The molecule has 42 heavy (non-hydrogen) atoms. The number of aromatic nitrogens is 1. The summed E-state index contributed by atoms with van der Waals surface area (Å²) in [5.74, 6) is -2.88. The van der Waals surface area contributed by atoms with Gasteiger partial charge in [0.1, 0.15) is 24.3 Å². The third kappa shape index (κ3) is 5.27. The van der Waals surface area contributed by atoms with E-state index in [2.05, 4.69) is 10.3 Å². The third-order valence-electron chi connectivity index (χ3n) is 7.50. The average Bonchev–Trinajstić information content (AvgIpc) is 3.28. The number of esters is 1. The van der Waals surface area contributed by atoms with Crippen LogP contribution in [0, 0.1) is 0 Å². The van der Waals surface area contributed by atoms with Crippen molar-refractivity contribution in [3.63, 3.8) is 0 Å². The van der Waals surface area contributed by atoms with Crippen LogP contribution in [0.15, 0.2) is 60.3 Å². The van der Waals surface area contributed by atoms with Crippen LogP contribution in [0.5, 0.6) is 0 Å². The molecule has 3 aliphatic rings. The number of aldehydes is 1. The summed E-state index contributed by atoms with van der Waals surface area (Å²) in [4.78, 5) is 84.3. The molecule has 5 rings (SSSR count). The van der Waals surface area contributed by atoms with Crippen molar-refractivity contribution in [3.8, 4) is 0 Å². The first-order valence-corrected chi connectivity index (χ1v) is 14.3. The van der Waals surface area contributed by atoms with E-state index in [0.717, 1.165) is 4.90 Å². The molecular formula is C29H29N5O7S. The number of hydrogen-bond donors (Lipinski definition) is 1. The minimum absolute atomic E-state index is 0.0177. The Morgan fingerprint density at radius 2 is 1.83 bits per heavy atom. The molecule has 2 aromatic rings. The van der Waals surface area contributed by atoms with Gasteiger partial charge in [0.2, 0.25) is 0 Å². The van der Waals surface area contributed by atoms with Crippen LogP contribution < -0.4 is 5.32 Å². The van der Waals surface area contributed by atoms with Gasteiger partial charge in [-0.15, -0.1) is 11.8 Å². The van der Waals surface area contributed by atoms with Gasteiger partial charge in [0.05, 0.1) is 16.0 Å². The first-order valence-electron chi connectivity index (χ1n) is 13.4. The second-order valence-corrected chi connectivity index (χ2v) is 11.8. The van der Waals surface area contributed by atoms with Crippen LogP contribution >= 0.6 is 11.8 Å². The van der Waals surface area contributed by atoms with Crippen molar-refractivity contribution in [1.29, 1.82) is 0 Å². The number of fused-ring (bicyclic) bond motifs is 1. The van der Waals surface area contributed by atoms with E-state index in [0.29, 0.717) is 29.7 Å². The number of rotatable bonds is 8. The summed E-state index contributed by atoms with van der Waals surface area (Å²) in [6, 6.07) is 10.6. The zero-order valence-corrected chi connectivity index (χ0v) is 23.8. The number of hydrogen-bond acceptors (Lipinski definition) is 9. The topological polar surface area (TPSA) is 146 Å².